The number of aldehydes is 1. The maximum Gasteiger partial charge on any atom is 0.238 e. The molecule has 1 amide bonds. The number of aryl methyl sites for hydroxylation is 2. The minimum atomic E-state index is -1.79. The van der Waals surface area contributed by atoms with Crippen LogP contribution in [0.15, 0.2) is 18.2 Å². The second-order valence-corrected chi connectivity index (χ2v) is 6.63. The molecule has 0 saturated heterocycles. The van der Waals surface area contributed by atoms with Gasteiger partial charge < -0.3 is 35.6 Å². The van der Waals surface area contributed by atoms with E-state index in [4.69, 9.17) is 25.5 Å². The maximum absolute atomic E-state index is 11.9. The van der Waals surface area contributed by atoms with Crippen LogP contribution in [0.4, 0.5) is 5.69 Å². The van der Waals surface area contributed by atoms with E-state index < -0.39 is 31.0 Å². The number of para-hydroxylation sites is 1. The highest BCUT2D eigenvalue weighted by Gasteiger charge is 2.29. The van der Waals surface area contributed by atoms with Crippen LogP contribution in [-0.2, 0) is 9.59 Å². The summed E-state index contributed by atoms with van der Waals surface area (Å²) in [5, 5.41) is 46.5. The summed E-state index contributed by atoms with van der Waals surface area (Å²) < 4.78 is 0. The van der Waals surface area contributed by atoms with Gasteiger partial charge in [-0.15, -0.1) is 12.4 Å². The number of amides is 1. The van der Waals surface area contributed by atoms with E-state index in [1.54, 1.807) is 0 Å². The first-order chi connectivity index (χ1) is 13.6. The molecule has 0 heterocycles. The van der Waals surface area contributed by atoms with Crippen molar-refractivity contribution in [1.29, 1.82) is 0 Å². The molecule has 6 N–H and O–H groups in total. The van der Waals surface area contributed by atoms with Gasteiger partial charge >= 0.3 is 0 Å². The molecule has 10 heteroatoms. The summed E-state index contributed by atoms with van der Waals surface area (Å²) in [6.45, 7) is 9.66. The normalized spacial score (nSPS) is 14.5. The highest BCUT2D eigenvalue weighted by molar-refractivity contribution is 5.93. The van der Waals surface area contributed by atoms with E-state index in [0.29, 0.717) is 6.54 Å². The summed E-state index contributed by atoms with van der Waals surface area (Å²) in [5.41, 5.74) is 3.17. The number of anilines is 1. The Kier molecular flexibility index (Phi) is 16.5. The van der Waals surface area contributed by atoms with Gasteiger partial charge in [0, 0.05) is 5.69 Å². The number of hydrogen-bond acceptors (Lipinski definition) is 8. The van der Waals surface area contributed by atoms with Crippen LogP contribution in [0.25, 0.3) is 0 Å². The summed E-state index contributed by atoms with van der Waals surface area (Å²) in [7, 11) is 0. The van der Waals surface area contributed by atoms with Crippen molar-refractivity contribution < 1.29 is 35.1 Å². The number of nitrogens with zero attached hydrogens (tertiary/aromatic N) is 1. The van der Waals surface area contributed by atoms with Gasteiger partial charge in [-0.1, -0.05) is 32.0 Å². The molecule has 0 aliphatic rings. The van der Waals surface area contributed by atoms with Gasteiger partial charge in [-0.05, 0) is 38.1 Å². The Morgan fingerprint density at radius 1 is 1.07 bits per heavy atom. The second-order valence-electron chi connectivity index (χ2n) is 6.63. The van der Waals surface area contributed by atoms with E-state index in [0.717, 1.165) is 29.9 Å². The zero-order valence-electron chi connectivity index (χ0n) is 17.9. The van der Waals surface area contributed by atoms with Gasteiger partial charge in [0.1, 0.15) is 24.4 Å². The summed E-state index contributed by atoms with van der Waals surface area (Å²) in [6.07, 6.45) is -6.84. The largest absolute Gasteiger partial charge is 0.394 e. The quantitative estimate of drug-likeness (QED) is 0.264. The fourth-order valence-electron chi connectivity index (χ4n) is 2.46. The van der Waals surface area contributed by atoms with Gasteiger partial charge in [-0.3, -0.25) is 9.69 Å². The molecule has 174 valence electrons. The molecule has 0 saturated carbocycles. The minimum absolute atomic E-state index is 0. The first-order valence-corrected chi connectivity index (χ1v) is 9.49. The molecule has 0 aliphatic carbocycles. The molecular formula is C20H35ClN2O7. The van der Waals surface area contributed by atoms with Crippen LogP contribution in [0, 0.1) is 13.8 Å². The first-order valence-electron chi connectivity index (χ1n) is 9.49. The van der Waals surface area contributed by atoms with E-state index in [9.17, 15) is 9.59 Å². The molecule has 1 rings (SSSR count). The SMILES string of the molecule is CCN(CC)CC(=O)Nc1c(C)cccc1C.Cl.O=C[C@H](O)[C@@H](O)[C@H](O)[C@H](O)CO. The first kappa shape index (κ1) is 30.6. The Labute approximate surface area is 183 Å². The van der Waals surface area contributed by atoms with E-state index in [-0.39, 0.29) is 24.6 Å². The van der Waals surface area contributed by atoms with Crippen LogP contribution in [0.2, 0.25) is 0 Å². The number of hydrogen-bond donors (Lipinski definition) is 6. The lowest BCUT2D eigenvalue weighted by molar-refractivity contribution is -0.136. The van der Waals surface area contributed by atoms with E-state index >= 15 is 0 Å². The number of aliphatic hydroxyl groups is 5. The lowest BCUT2D eigenvalue weighted by Gasteiger charge is -2.22. The van der Waals surface area contributed by atoms with Crippen molar-refractivity contribution >= 4 is 30.3 Å². The lowest BCUT2D eigenvalue weighted by atomic mass is 10.0. The molecule has 4 atom stereocenters. The number of aliphatic hydroxyl groups excluding tert-OH is 5. The third kappa shape index (κ3) is 10.4. The smallest absolute Gasteiger partial charge is 0.238 e. The van der Waals surface area contributed by atoms with Gasteiger partial charge in [0.15, 0.2) is 6.29 Å². The maximum atomic E-state index is 11.9. The van der Waals surface area contributed by atoms with Crippen LogP contribution in [0.5, 0.6) is 0 Å². The number of carbonyl (C=O) groups is 2. The Bertz CT molecular complexity index is 609. The molecule has 0 fully saturated rings. The van der Waals surface area contributed by atoms with Crippen molar-refractivity contribution in [3.63, 3.8) is 0 Å². The fraction of sp³-hybridized carbons (Fsp3) is 0.600. The second kappa shape index (κ2) is 16.1. The van der Waals surface area contributed by atoms with E-state index in [1.807, 2.05) is 32.0 Å². The van der Waals surface area contributed by atoms with Crippen molar-refractivity contribution in [2.75, 3.05) is 31.6 Å². The monoisotopic (exact) mass is 450 g/mol. The molecule has 0 aromatic heterocycles. The standard InChI is InChI=1S/C14H22N2O.C6H12O6.ClH/c1-5-16(6-2)10-13(17)15-14-11(3)8-7-9-12(14)4;7-1-3(9)5(11)6(12)4(10)2-8;/h7-9H,5-6,10H2,1-4H3,(H,15,17);1,3-6,8-12H,2H2;1H/t;3-,4+,5+,6+;/m.0./s1. The molecule has 9 nitrogen and oxygen atoms in total. The molecular weight excluding hydrogens is 416 g/mol. The van der Waals surface area contributed by atoms with Gasteiger partial charge in [0.05, 0.1) is 13.2 Å². The number of carbonyl (C=O) groups excluding carboxylic acids is 2. The van der Waals surface area contributed by atoms with Crippen molar-refractivity contribution in [3.05, 3.63) is 29.3 Å². The Morgan fingerprint density at radius 3 is 1.97 bits per heavy atom. The fourth-order valence-corrected chi connectivity index (χ4v) is 2.46. The Balaban J connectivity index is 0. The average Bonchev–Trinajstić information content (AvgIpc) is 2.72. The predicted molar refractivity (Wildman–Crippen MR) is 117 cm³/mol. The topological polar surface area (TPSA) is 151 Å². The van der Waals surface area contributed by atoms with E-state index in [2.05, 4.69) is 24.1 Å². The van der Waals surface area contributed by atoms with E-state index in [1.165, 1.54) is 0 Å². The van der Waals surface area contributed by atoms with Crippen molar-refractivity contribution in [1.82, 2.24) is 4.90 Å². The Hall–Kier alpha value is -1.59. The number of halogens is 1. The number of rotatable bonds is 10. The third-order valence-corrected chi connectivity index (χ3v) is 4.43. The third-order valence-electron chi connectivity index (χ3n) is 4.43. The average molecular weight is 451 g/mol. The predicted octanol–water partition coefficient (Wildman–Crippen LogP) is -0.373. The molecule has 0 unspecified atom stereocenters. The highest BCUT2D eigenvalue weighted by Crippen LogP contribution is 2.19. The van der Waals surface area contributed by atoms with Gasteiger partial charge in [0.25, 0.3) is 0 Å². The van der Waals surface area contributed by atoms with Crippen molar-refractivity contribution in [2.45, 2.75) is 52.1 Å². The number of nitrogens with one attached hydrogen (secondary N) is 1. The summed E-state index contributed by atoms with van der Waals surface area (Å²) in [4.78, 5) is 23.9. The van der Waals surface area contributed by atoms with Gasteiger partial charge in [-0.2, -0.15) is 0 Å². The molecule has 1 aromatic rings. The van der Waals surface area contributed by atoms with Gasteiger partial charge in [-0.25, -0.2) is 0 Å². The van der Waals surface area contributed by atoms with Crippen LogP contribution < -0.4 is 5.32 Å². The summed E-state index contributed by atoms with van der Waals surface area (Å²) >= 11 is 0. The van der Waals surface area contributed by atoms with Crippen LogP contribution >= 0.6 is 12.4 Å². The molecule has 0 radical (unpaired) electrons. The summed E-state index contributed by atoms with van der Waals surface area (Å²) in [5.74, 6) is 0.0612. The zero-order chi connectivity index (χ0) is 22.6. The lowest BCUT2D eigenvalue weighted by Crippen LogP contribution is -2.46. The summed E-state index contributed by atoms with van der Waals surface area (Å²) in [6, 6.07) is 6.03. The molecule has 30 heavy (non-hydrogen) atoms. The van der Waals surface area contributed by atoms with Crippen LogP contribution in [0.3, 0.4) is 0 Å². The van der Waals surface area contributed by atoms with Gasteiger partial charge in [0.2, 0.25) is 5.91 Å². The minimum Gasteiger partial charge on any atom is -0.394 e. The molecule has 0 bridgehead atoms. The van der Waals surface area contributed by atoms with Crippen molar-refractivity contribution in [3.8, 4) is 0 Å². The van der Waals surface area contributed by atoms with Crippen LogP contribution in [-0.4, -0.2) is 93.3 Å². The molecule has 1 aromatic carbocycles. The van der Waals surface area contributed by atoms with Crippen LogP contribution in [0.1, 0.15) is 25.0 Å². The molecule has 0 spiro atoms. The van der Waals surface area contributed by atoms with Crippen molar-refractivity contribution in [2.24, 2.45) is 0 Å². The Morgan fingerprint density at radius 2 is 1.57 bits per heavy atom. The number of benzene rings is 1. The zero-order valence-corrected chi connectivity index (χ0v) is 18.7. The number of likely N-dealkylation sites (N-methyl/N-ethyl adjacent to an activating group) is 1. The molecule has 0 aliphatic heterocycles. The highest BCUT2D eigenvalue weighted by atomic mass is 35.5.